The predicted molar refractivity (Wildman–Crippen MR) is 110 cm³/mol. The lowest BCUT2D eigenvalue weighted by Crippen LogP contribution is -2.42. The molecule has 0 bridgehead atoms. The number of halogens is 1. The first-order chi connectivity index (χ1) is 13.6. The summed E-state index contributed by atoms with van der Waals surface area (Å²) < 4.78 is 11.3. The van der Waals surface area contributed by atoms with Gasteiger partial charge in [0.2, 0.25) is 0 Å². The molecule has 0 saturated carbocycles. The molecule has 0 unspecified atom stereocenters. The van der Waals surface area contributed by atoms with Crippen molar-refractivity contribution in [2.24, 2.45) is 5.92 Å². The van der Waals surface area contributed by atoms with Gasteiger partial charge in [0.1, 0.15) is 11.5 Å². The quantitative estimate of drug-likeness (QED) is 0.750. The van der Waals surface area contributed by atoms with Crippen LogP contribution in [-0.4, -0.2) is 43.6 Å². The van der Waals surface area contributed by atoms with Gasteiger partial charge in [0.15, 0.2) is 0 Å². The highest BCUT2D eigenvalue weighted by atomic mass is 79.9. The molecule has 7 heteroatoms. The van der Waals surface area contributed by atoms with Crippen molar-refractivity contribution in [1.82, 2.24) is 10.2 Å². The van der Waals surface area contributed by atoms with Gasteiger partial charge >= 0.3 is 6.09 Å². The van der Waals surface area contributed by atoms with E-state index in [1.807, 2.05) is 18.2 Å². The first-order valence-electron chi connectivity index (χ1n) is 9.20. The molecule has 148 valence electrons. The van der Waals surface area contributed by atoms with Crippen LogP contribution in [-0.2, 0) is 0 Å². The molecule has 2 aromatic rings. The average molecular weight is 447 g/mol. The van der Waals surface area contributed by atoms with Crippen LogP contribution in [0.15, 0.2) is 53.0 Å². The number of carbonyl (C=O) groups is 2. The van der Waals surface area contributed by atoms with Gasteiger partial charge in [0.05, 0.1) is 12.7 Å². The van der Waals surface area contributed by atoms with Crippen molar-refractivity contribution in [2.45, 2.75) is 12.8 Å². The van der Waals surface area contributed by atoms with Gasteiger partial charge in [0.25, 0.3) is 5.91 Å². The summed E-state index contributed by atoms with van der Waals surface area (Å²) in [5.41, 5.74) is 0.545. The largest absolute Gasteiger partial charge is 0.497 e. The molecule has 2 amide bonds. The molecule has 1 heterocycles. The molecule has 1 saturated heterocycles. The minimum Gasteiger partial charge on any atom is -0.497 e. The number of piperidine rings is 1. The number of benzene rings is 2. The second-order valence-electron chi connectivity index (χ2n) is 6.67. The number of likely N-dealkylation sites (tertiary alicyclic amines) is 1. The van der Waals surface area contributed by atoms with Crippen LogP contribution in [0.3, 0.4) is 0 Å². The van der Waals surface area contributed by atoms with Crippen molar-refractivity contribution in [3.63, 3.8) is 0 Å². The van der Waals surface area contributed by atoms with Crippen LogP contribution in [0, 0.1) is 5.92 Å². The van der Waals surface area contributed by atoms with E-state index in [0.29, 0.717) is 42.6 Å². The van der Waals surface area contributed by atoms with Crippen LogP contribution in [0.4, 0.5) is 4.79 Å². The topological polar surface area (TPSA) is 67.9 Å². The number of rotatable bonds is 5. The van der Waals surface area contributed by atoms with E-state index in [1.54, 1.807) is 42.3 Å². The molecule has 28 heavy (non-hydrogen) atoms. The van der Waals surface area contributed by atoms with Crippen molar-refractivity contribution in [1.29, 1.82) is 0 Å². The van der Waals surface area contributed by atoms with E-state index in [9.17, 15) is 9.59 Å². The van der Waals surface area contributed by atoms with Gasteiger partial charge in [-0.15, -0.1) is 0 Å². The van der Waals surface area contributed by atoms with Gasteiger partial charge in [0, 0.05) is 24.1 Å². The summed E-state index contributed by atoms with van der Waals surface area (Å²) in [4.78, 5) is 26.4. The Morgan fingerprint density at radius 1 is 1.11 bits per heavy atom. The zero-order valence-corrected chi connectivity index (χ0v) is 17.3. The molecule has 0 atom stereocenters. The Balaban J connectivity index is 1.45. The third-order valence-corrected chi connectivity index (χ3v) is 5.48. The summed E-state index contributed by atoms with van der Waals surface area (Å²) in [6.45, 7) is 1.81. The number of nitrogens with zero attached hydrogens (tertiary/aromatic N) is 1. The van der Waals surface area contributed by atoms with Crippen LogP contribution in [0.25, 0.3) is 0 Å². The highest BCUT2D eigenvalue weighted by Crippen LogP contribution is 2.23. The van der Waals surface area contributed by atoms with Crippen LogP contribution >= 0.6 is 15.9 Å². The van der Waals surface area contributed by atoms with E-state index >= 15 is 0 Å². The van der Waals surface area contributed by atoms with E-state index in [2.05, 4.69) is 21.2 Å². The van der Waals surface area contributed by atoms with Crippen molar-refractivity contribution in [2.75, 3.05) is 26.7 Å². The fraction of sp³-hybridized carbons (Fsp3) is 0.333. The van der Waals surface area contributed by atoms with Gasteiger partial charge < -0.3 is 19.7 Å². The van der Waals surface area contributed by atoms with Crippen molar-refractivity contribution in [3.05, 3.63) is 58.6 Å². The number of ether oxygens (including phenoxy) is 2. The van der Waals surface area contributed by atoms with E-state index in [-0.39, 0.29) is 12.0 Å². The summed E-state index contributed by atoms with van der Waals surface area (Å²) in [5, 5.41) is 2.99. The summed E-state index contributed by atoms with van der Waals surface area (Å²) in [6.07, 6.45) is 1.32. The number of hydrogen-bond acceptors (Lipinski definition) is 4. The smallest absolute Gasteiger partial charge is 0.415 e. The molecule has 0 aromatic heterocycles. The third kappa shape index (κ3) is 5.25. The Bertz CT molecular complexity index is 820. The fourth-order valence-electron chi connectivity index (χ4n) is 3.11. The Labute approximate surface area is 172 Å². The highest BCUT2D eigenvalue weighted by molar-refractivity contribution is 9.10. The summed E-state index contributed by atoms with van der Waals surface area (Å²) in [6, 6.07) is 14.4. The second-order valence-corrected chi connectivity index (χ2v) is 7.52. The number of para-hydroxylation sites is 1. The van der Waals surface area contributed by atoms with Gasteiger partial charge in [-0.1, -0.05) is 18.2 Å². The van der Waals surface area contributed by atoms with E-state index < -0.39 is 0 Å². The molecule has 1 aliphatic heterocycles. The Morgan fingerprint density at radius 2 is 1.82 bits per heavy atom. The molecule has 0 spiro atoms. The summed E-state index contributed by atoms with van der Waals surface area (Å²) in [5.74, 6) is 1.37. The molecule has 1 N–H and O–H groups in total. The van der Waals surface area contributed by atoms with E-state index in [1.165, 1.54) is 0 Å². The predicted octanol–water partition coefficient (Wildman–Crippen LogP) is 4.10. The molecule has 6 nitrogen and oxygen atoms in total. The number of methoxy groups -OCH3 is 1. The molecular formula is C21H23BrN2O4. The molecule has 1 fully saturated rings. The van der Waals surface area contributed by atoms with Crippen molar-refractivity contribution in [3.8, 4) is 11.5 Å². The molecule has 2 aromatic carbocycles. The maximum absolute atomic E-state index is 12.5. The lowest BCUT2D eigenvalue weighted by molar-refractivity contribution is 0.0930. The lowest BCUT2D eigenvalue weighted by Gasteiger charge is -2.31. The Hall–Kier alpha value is -2.54. The maximum Gasteiger partial charge on any atom is 0.415 e. The highest BCUT2D eigenvalue weighted by Gasteiger charge is 2.24. The SMILES string of the molecule is COc1ccc(Br)c(C(=O)NCC2CCN(C(=O)Oc3ccccc3)CC2)c1. The van der Waals surface area contributed by atoms with Gasteiger partial charge in [-0.2, -0.15) is 0 Å². The first-order valence-corrected chi connectivity index (χ1v) is 9.99. The number of amides is 2. The standard InChI is InChI=1S/C21H23BrN2O4/c1-27-17-7-8-19(22)18(13-17)20(25)23-14-15-9-11-24(12-10-15)21(26)28-16-5-3-2-4-6-16/h2-8,13,15H,9-12,14H2,1H3,(H,23,25). The zero-order chi connectivity index (χ0) is 19.9. The minimum absolute atomic E-state index is 0.142. The molecular weight excluding hydrogens is 424 g/mol. The normalized spacial score (nSPS) is 14.4. The second kappa shape index (κ2) is 9.59. The van der Waals surface area contributed by atoms with Crippen molar-refractivity contribution >= 4 is 27.9 Å². The first kappa shape index (κ1) is 20.2. The average Bonchev–Trinajstić information content (AvgIpc) is 2.73. The van der Waals surface area contributed by atoms with Crippen LogP contribution in [0.5, 0.6) is 11.5 Å². The number of carbonyl (C=O) groups excluding carboxylic acids is 2. The summed E-state index contributed by atoms with van der Waals surface area (Å²) in [7, 11) is 1.57. The third-order valence-electron chi connectivity index (χ3n) is 4.79. The summed E-state index contributed by atoms with van der Waals surface area (Å²) >= 11 is 3.40. The lowest BCUT2D eigenvalue weighted by atomic mass is 9.97. The van der Waals surface area contributed by atoms with Crippen LogP contribution in [0.1, 0.15) is 23.2 Å². The Kier molecular flexibility index (Phi) is 6.92. The maximum atomic E-state index is 12.5. The monoisotopic (exact) mass is 446 g/mol. The molecule has 1 aliphatic rings. The molecule has 3 rings (SSSR count). The van der Waals surface area contributed by atoms with Gasteiger partial charge in [-0.25, -0.2) is 4.79 Å². The van der Waals surface area contributed by atoms with Crippen LogP contribution < -0.4 is 14.8 Å². The number of nitrogens with one attached hydrogen (secondary N) is 1. The van der Waals surface area contributed by atoms with E-state index in [4.69, 9.17) is 9.47 Å². The van der Waals surface area contributed by atoms with Crippen LogP contribution in [0.2, 0.25) is 0 Å². The minimum atomic E-state index is -0.325. The van der Waals surface area contributed by atoms with Gasteiger partial charge in [-0.3, -0.25) is 4.79 Å². The fourth-order valence-corrected chi connectivity index (χ4v) is 3.54. The zero-order valence-electron chi connectivity index (χ0n) is 15.7. The van der Waals surface area contributed by atoms with E-state index in [0.717, 1.165) is 17.3 Å². The van der Waals surface area contributed by atoms with Crippen molar-refractivity contribution < 1.29 is 19.1 Å². The molecule has 0 radical (unpaired) electrons. The molecule has 0 aliphatic carbocycles. The van der Waals surface area contributed by atoms with Gasteiger partial charge in [-0.05, 0) is 65.0 Å². The Morgan fingerprint density at radius 3 is 2.50 bits per heavy atom. The number of hydrogen-bond donors (Lipinski definition) is 1.